The first kappa shape index (κ1) is 32.8. The molecule has 0 saturated heterocycles. The van der Waals surface area contributed by atoms with E-state index in [0.717, 1.165) is 53.3 Å². The number of hydrogen-bond donors (Lipinski definition) is 2. The number of amides is 1. The van der Waals surface area contributed by atoms with E-state index in [1.165, 1.54) is 17.1 Å². The van der Waals surface area contributed by atoms with Crippen molar-refractivity contribution in [1.82, 2.24) is 25.3 Å². The highest BCUT2D eigenvalue weighted by Crippen LogP contribution is 2.28. The van der Waals surface area contributed by atoms with Crippen molar-refractivity contribution < 1.29 is 9.72 Å². The highest BCUT2D eigenvalue weighted by atomic mass is 32.1. The number of aromatic nitrogens is 2. The van der Waals surface area contributed by atoms with E-state index in [1.54, 1.807) is 24.7 Å². The summed E-state index contributed by atoms with van der Waals surface area (Å²) in [5.74, 6) is -0.263. The zero-order valence-corrected chi connectivity index (χ0v) is 26.6. The van der Waals surface area contributed by atoms with E-state index >= 15 is 0 Å². The lowest BCUT2D eigenvalue weighted by molar-refractivity contribution is -0.384. The van der Waals surface area contributed by atoms with Gasteiger partial charge in [-0.3, -0.25) is 14.9 Å². The third-order valence-corrected chi connectivity index (χ3v) is 8.36. The molecule has 0 radical (unpaired) electrons. The summed E-state index contributed by atoms with van der Waals surface area (Å²) in [5, 5.41) is 18.5. The van der Waals surface area contributed by atoms with Gasteiger partial charge in [0.15, 0.2) is 5.11 Å². The summed E-state index contributed by atoms with van der Waals surface area (Å²) in [6, 6.07) is 20.8. The van der Waals surface area contributed by atoms with Crippen molar-refractivity contribution in [3.05, 3.63) is 106 Å². The van der Waals surface area contributed by atoms with Crippen LogP contribution in [0.1, 0.15) is 69.2 Å². The molecule has 0 aliphatic rings. The summed E-state index contributed by atoms with van der Waals surface area (Å²) < 4.78 is 1.94. The van der Waals surface area contributed by atoms with Crippen LogP contribution in [0.4, 0.5) is 5.69 Å². The highest BCUT2D eigenvalue weighted by molar-refractivity contribution is 7.80. The Hall–Kier alpha value is -4.15. The van der Waals surface area contributed by atoms with Crippen molar-refractivity contribution >= 4 is 39.7 Å². The van der Waals surface area contributed by atoms with Crippen molar-refractivity contribution in [3.8, 4) is 0 Å². The second-order valence-corrected chi connectivity index (χ2v) is 11.6. The van der Waals surface area contributed by atoms with E-state index in [0.29, 0.717) is 37.1 Å². The van der Waals surface area contributed by atoms with E-state index in [1.807, 2.05) is 22.8 Å². The fourth-order valence-corrected chi connectivity index (χ4v) is 5.42. The first-order valence-electron chi connectivity index (χ1n) is 15.4. The van der Waals surface area contributed by atoms with Gasteiger partial charge in [0, 0.05) is 38.0 Å². The first-order valence-corrected chi connectivity index (χ1v) is 15.8. The molecule has 0 spiro atoms. The number of nitrogens with zero attached hydrogens (tertiary/aromatic N) is 4. The summed E-state index contributed by atoms with van der Waals surface area (Å²) in [5.41, 5.74) is 6.04. The molecule has 0 aliphatic heterocycles. The summed E-state index contributed by atoms with van der Waals surface area (Å²) in [6.45, 7) is 8.18. The Morgan fingerprint density at radius 1 is 1.07 bits per heavy atom. The molecule has 0 aliphatic carbocycles. The molecule has 2 atom stereocenters. The van der Waals surface area contributed by atoms with E-state index < -0.39 is 10.8 Å². The number of hydrogen-bond acceptors (Lipinski definition) is 6. The molecule has 9 nitrogen and oxygen atoms in total. The van der Waals surface area contributed by atoms with E-state index in [9.17, 15) is 14.9 Å². The third kappa shape index (κ3) is 8.48. The number of unbranched alkanes of at least 4 members (excludes halogenated alkanes) is 1. The Morgan fingerprint density at radius 2 is 1.82 bits per heavy atom. The Morgan fingerprint density at radius 3 is 2.55 bits per heavy atom. The normalized spacial score (nSPS) is 12.5. The molecule has 232 valence electrons. The number of carbonyl (C=O) groups is 1. The molecule has 4 rings (SSSR count). The third-order valence-electron chi connectivity index (χ3n) is 8.04. The Kier molecular flexibility index (Phi) is 12.0. The molecule has 0 saturated carbocycles. The minimum absolute atomic E-state index is 0.0341. The quantitative estimate of drug-likeness (QED) is 0.0660. The van der Waals surface area contributed by atoms with Crippen LogP contribution < -0.4 is 10.7 Å². The molecule has 0 bridgehead atoms. The number of nitro benzene ring substituents is 1. The van der Waals surface area contributed by atoms with Crippen LogP contribution in [0.2, 0.25) is 0 Å². The number of fused-ring (bicyclic) bond motifs is 1. The molecule has 1 aromatic heterocycles. The number of nitrogens with one attached hydrogen (secondary N) is 2. The van der Waals surface area contributed by atoms with Crippen molar-refractivity contribution in [2.75, 3.05) is 13.1 Å². The monoisotopic (exact) mass is 614 g/mol. The summed E-state index contributed by atoms with van der Waals surface area (Å²) in [4.78, 5) is 29.9. The smallest absolute Gasteiger partial charge is 0.269 e. The van der Waals surface area contributed by atoms with Gasteiger partial charge in [-0.05, 0) is 59.3 Å². The molecule has 1 unspecified atom stereocenters. The molecule has 3 aromatic carbocycles. The van der Waals surface area contributed by atoms with E-state index in [-0.39, 0.29) is 11.6 Å². The molecule has 44 heavy (non-hydrogen) atoms. The summed E-state index contributed by atoms with van der Waals surface area (Å²) >= 11 is 5.79. The molecule has 4 aromatic rings. The van der Waals surface area contributed by atoms with Crippen molar-refractivity contribution in [3.63, 3.8) is 0 Å². The number of nitro groups is 1. The van der Waals surface area contributed by atoms with Gasteiger partial charge in [-0.25, -0.2) is 15.4 Å². The number of non-ortho nitro benzene ring substituents is 1. The minimum atomic E-state index is -0.608. The molecular weight excluding hydrogens is 572 g/mol. The Balaban J connectivity index is 1.71. The lowest BCUT2D eigenvalue weighted by Gasteiger charge is -2.29. The molecule has 1 heterocycles. The van der Waals surface area contributed by atoms with Crippen LogP contribution in [-0.2, 0) is 17.8 Å². The fraction of sp³-hybridized carbons (Fsp3) is 0.382. The maximum Gasteiger partial charge on any atom is 0.269 e. The van der Waals surface area contributed by atoms with Gasteiger partial charge in [0.05, 0.1) is 22.9 Å². The van der Waals surface area contributed by atoms with Gasteiger partial charge >= 0.3 is 0 Å². The topological polar surface area (TPSA) is 105 Å². The SMILES string of the molecule is CCCCNC(=S)N(NCC[C@@H](C)CC)C(=O)C(Cc1cccc2ccccc12)c1cncn1Cc1ccc([N+](=O)[O-])cc1. The average Bonchev–Trinajstić information content (AvgIpc) is 3.49. The lowest BCUT2D eigenvalue weighted by atomic mass is 9.92. The summed E-state index contributed by atoms with van der Waals surface area (Å²) in [6.07, 6.45) is 7.80. The maximum atomic E-state index is 14.6. The second kappa shape index (κ2) is 16.1. The predicted molar refractivity (Wildman–Crippen MR) is 179 cm³/mol. The Labute approximate surface area is 264 Å². The Bertz CT molecular complexity index is 1550. The van der Waals surface area contributed by atoms with Crippen LogP contribution in [0.15, 0.2) is 79.3 Å². The lowest BCUT2D eigenvalue weighted by Crippen LogP contribution is -2.54. The zero-order valence-electron chi connectivity index (χ0n) is 25.7. The van der Waals surface area contributed by atoms with Gasteiger partial charge in [0.1, 0.15) is 0 Å². The second-order valence-electron chi connectivity index (χ2n) is 11.2. The van der Waals surface area contributed by atoms with Crippen LogP contribution in [0, 0.1) is 16.0 Å². The maximum absolute atomic E-state index is 14.6. The van der Waals surface area contributed by atoms with Crippen LogP contribution >= 0.6 is 12.2 Å². The highest BCUT2D eigenvalue weighted by Gasteiger charge is 2.32. The molecular formula is C34H42N6O3S. The van der Waals surface area contributed by atoms with Crippen molar-refractivity contribution in [2.24, 2.45) is 5.92 Å². The van der Waals surface area contributed by atoms with Crippen LogP contribution in [-0.4, -0.2) is 43.6 Å². The van der Waals surface area contributed by atoms with Crippen LogP contribution in [0.5, 0.6) is 0 Å². The number of hydrazine groups is 1. The molecule has 2 N–H and O–H groups in total. The minimum Gasteiger partial charge on any atom is -0.361 e. The number of thiocarbonyl (C=S) groups is 1. The molecule has 10 heteroatoms. The summed E-state index contributed by atoms with van der Waals surface area (Å²) in [7, 11) is 0. The average molecular weight is 615 g/mol. The molecule has 0 fully saturated rings. The van der Waals surface area contributed by atoms with Gasteiger partial charge in [0.25, 0.3) is 11.6 Å². The number of imidazole rings is 1. The standard InChI is InChI=1S/C34H42N6O3S/c1-4-6-19-36-34(44)39(37-20-18-25(3)5-2)33(41)31(21-28-12-9-11-27-10-7-8-13-30(27)28)32-22-35-24-38(32)23-26-14-16-29(17-15-26)40(42)43/h7-17,22,24-25,31,37H,4-6,18-21,23H2,1-3H3,(H,36,44)/t25-,31?/m0/s1. The number of rotatable bonds is 15. The fourth-order valence-electron chi connectivity index (χ4n) is 5.17. The predicted octanol–water partition coefficient (Wildman–Crippen LogP) is 6.76. The first-order chi connectivity index (χ1) is 21.3. The van der Waals surface area contributed by atoms with Crippen molar-refractivity contribution in [1.29, 1.82) is 0 Å². The van der Waals surface area contributed by atoms with Crippen LogP contribution in [0.25, 0.3) is 10.8 Å². The van der Waals surface area contributed by atoms with Gasteiger partial charge < -0.3 is 9.88 Å². The number of benzene rings is 3. The van der Waals surface area contributed by atoms with Gasteiger partial charge in [-0.2, -0.15) is 0 Å². The van der Waals surface area contributed by atoms with E-state index in [4.69, 9.17) is 12.2 Å². The van der Waals surface area contributed by atoms with Gasteiger partial charge in [-0.15, -0.1) is 0 Å². The van der Waals surface area contributed by atoms with Gasteiger partial charge in [-0.1, -0.05) is 88.2 Å². The largest absolute Gasteiger partial charge is 0.361 e. The zero-order chi connectivity index (χ0) is 31.5. The van der Waals surface area contributed by atoms with Gasteiger partial charge in [0.2, 0.25) is 0 Å². The van der Waals surface area contributed by atoms with Crippen LogP contribution in [0.3, 0.4) is 0 Å². The molecule has 1 amide bonds. The van der Waals surface area contributed by atoms with Crippen molar-refractivity contribution in [2.45, 2.75) is 65.3 Å². The number of carbonyl (C=O) groups excluding carboxylic acids is 1. The van der Waals surface area contributed by atoms with E-state index in [2.05, 4.69) is 60.8 Å².